The smallest absolute Gasteiger partial charge is 0.263 e. The van der Waals surface area contributed by atoms with E-state index in [0.29, 0.717) is 11.3 Å². The van der Waals surface area contributed by atoms with Crippen LogP contribution in [0, 0.1) is 11.6 Å². The van der Waals surface area contributed by atoms with Gasteiger partial charge in [0.2, 0.25) is 0 Å². The van der Waals surface area contributed by atoms with Crippen molar-refractivity contribution in [3.05, 3.63) is 95.0 Å². The second-order valence-corrected chi connectivity index (χ2v) is 13.5. The molecule has 0 amide bonds. The number of para-hydroxylation sites is 1. The van der Waals surface area contributed by atoms with Crippen LogP contribution in [0.3, 0.4) is 0 Å². The minimum atomic E-state index is -4.40. The Kier molecular flexibility index (Phi) is 8.50. The van der Waals surface area contributed by atoms with Crippen LogP contribution in [0.5, 0.6) is 0 Å². The summed E-state index contributed by atoms with van der Waals surface area (Å²) in [6.45, 7) is 1.64. The molecule has 1 fully saturated rings. The Morgan fingerprint density at radius 1 is 0.979 bits per heavy atom. The first-order valence-corrected chi connectivity index (χ1v) is 17.0. The van der Waals surface area contributed by atoms with Crippen LogP contribution in [0.25, 0.3) is 27.9 Å². The van der Waals surface area contributed by atoms with E-state index in [1.807, 2.05) is 22.8 Å². The summed E-state index contributed by atoms with van der Waals surface area (Å²) in [6.07, 6.45) is 5.03. The number of pyridine rings is 1. The third-order valence-electron chi connectivity index (χ3n) is 8.11. The maximum atomic E-state index is 15.8. The van der Waals surface area contributed by atoms with Crippen LogP contribution in [-0.4, -0.2) is 59.2 Å². The van der Waals surface area contributed by atoms with Crippen LogP contribution in [-0.2, 0) is 14.8 Å². The molecule has 0 aliphatic carbocycles. The van der Waals surface area contributed by atoms with Crippen molar-refractivity contribution in [1.82, 2.24) is 24.5 Å². The Labute approximate surface area is 283 Å². The largest absolute Gasteiger partial charge is 0.380 e. The summed E-state index contributed by atoms with van der Waals surface area (Å²) in [6, 6.07) is 15.3. The topological polar surface area (TPSA) is 127 Å². The number of piperidine rings is 1. The van der Waals surface area contributed by atoms with Gasteiger partial charge in [0.15, 0.2) is 11.6 Å². The third kappa shape index (κ3) is 5.85. The van der Waals surface area contributed by atoms with Crippen molar-refractivity contribution in [2.24, 2.45) is 0 Å². The minimum Gasteiger partial charge on any atom is -0.380 e. The molecule has 48 heavy (non-hydrogen) atoms. The van der Waals surface area contributed by atoms with Gasteiger partial charge in [0.25, 0.3) is 10.0 Å². The summed E-state index contributed by atoms with van der Waals surface area (Å²) in [5, 5.41) is 2.41. The Morgan fingerprint density at radius 3 is 2.65 bits per heavy atom. The first kappa shape index (κ1) is 31.9. The molecule has 1 saturated heterocycles. The molecule has 1 atom stereocenters. The van der Waals surface area contributed by atoms with E-state index in [4.69, 9.17) is 37.9 Å². The standard InChI is InChI=1S/C32H26Cl2F2N8O3S/c1-47-18-5-4-14-43(15-18)23-7-3-8-24-31(23)39-17-44(24)26-13-12-22-30(40-26)32(38-16-37-22)41-29-20(35)10-11-21(28(29)36)42-48(45,46)25-9-2-6-19(33)27(25)34/h2-3,6-13,16-18,42H,4-5,14-15H2,1H3,(H,37,38,41)/t18-/m1/s1. The molecule has 4 heterocycles. The SMILES string of the molecule is CO[C@@H]1CCCN(c2cccc3c2ncn3-c2ccc3ncnc(Nc4c(F)ccc(NS(=O)(=O)c5cccc(Cl)c5Cl)c4F)c3n2)C1. The third-order valence-corrected chi connectivity index (χ3v) is 10.4. The van der Waals surface area contributed by atoms with E-state index in [-0.39, 0.29) is 32.4 Å². The van der Waals surface area contributed by atoms with E-state index >= 15 is 8.78 Å². The quantitative estimate of drug-likeness (QED) is 0.170. The number of aromatic nitrogens is 5. The summed E-state index contributed by atoms with van der Waals surface area (Å²) in [7, 11) is -2.68. The Hall–Kier alpha value is -4.63. The van der Waals surface area contributed by atoms with Gasteiger partial charge < -0.3 is 15.0 Å². The van der Waals surface area contributed by atoms with Gasteiger partial charge in [-0.25, -0.2) is 37.1 Å². The van der Waals surface area contributed by atoms with Crippen molar-refractivity contribution in [3.8, 4) is 5.82 Å². The van der Waals surface area contributed by atoms with Gasteiger partial charge in [-0.2, -0.15) is 0 Å². The van der Waals surface area contributed by atoms with E-state index in [0.717, 1.165) is 54.8 Å². The number of fused-ring (bicyclic) bond motifs is 2. The average Bonchev–Trinajstić information content (AvgIpc) is 3.53. The summed E-state index contributed by atoms with van der Waals surface area (Å²) in [5.41, 5.74) is 2.00. The van der Waals surface area contributed by atoms with Crippen LogP contribution in [0.2, 0.25) is 10.0 Å². The van der Waals surface area contributed by atoms with Crippen molar-refractivity contribution in [2.45, 2.75) is 23.8 Å². The molecular formula is C32H26Cl2F2N8O3S. The molecule has 1 aliphatic heterocycles. The maximum Gasteiger partial charge on any atom is 0.263 e. The van der Waals surface area contributed by atoms with Gasteiger partial charge in [-0.1, -0.05) is 35.3 Å². The van der Waals surface area contributed by atoms with E-state index in [2.05, 4.69) is 24.9 Å². The molecule has 246 valence electrons. The summed E-state index contributed by atoms with van der Waals surface area (Å²) < 4.78 is 66.5. The molecule has 6 aromatic rings. The fourth-order valence-electron chi connectivity index (χ4n) is 5.72. The van der Waals surface area contributed by atoms with Crippen LogP contribution >= 0.6 is 23.2 Å². The van der Waals surface area contributed by atoms with Gasteiger partial charge >= 0.3 is 0 Å². The summed E-state index contributed by atoms with van der Waals surface area (Å²) in [5.74, 6) is -1.77. The summed E-state index contributed by atoms with van der Waals surface area (Å²) in [4.78, 5) is 19.8. The van der Waals surface area contributed by atoms with Gasteiger partial charge in [0.1, 0.15) is 45.9 Å². The Morgan fingerprint density at radius 2 is 1.81 bits per heavy atom. The zero-order valence-electron chi connectivity index (χ0n) is 25.2. The van der Waals surface area contributed by atoms with Crippen molar-refractivity contribution in [3.63, 3.8) is 0 Å². The number of anilines is 4. The molecule has 7 rings (SSSR count). The highest BCUT2D eigenvalue weighted by Gasteiger charge is 2.25. The molecule has 1 aliphatic rings. The van der Waals surface area contributed by atoms with Crippen molar-refractivity contribution >= 4 is 78.2 Å². The fourth-order valence-corrected chi connectivity index (χ4v) is 7.54. The van der Waals surface area contributed by atoms with Crippen LogP contribution in [0.15, 0.2) is 78.2 Å². The molecule has 0 saturated carbocycles. The minimum absolute atomic E-state index is 0.00432. The molecule has 0 radical (unpaired) electrons. The van der Waals surface area contributed by atoms with Crippen molar-refractivity contribution < 1.29 is 21.9 Å². The number of halogens is 4. The monoisotopic (exact) mass is 710 g/mol. The Bertz CT molecular complexity index is 2310. The lowest BCUT2D eigenvalue weighted by atomic mass is 10.1. The first-order valence-electron chi connectivity index (χ1n) is 14.7. The average molecular weight is 712 g/mol. The molecule has 2 N–H and O–H groups in total. The number of rotatable bonds is 8. The lowest BCUT2D eigenvalue weighted by Gasteiger charge is -2.33. The predicted molar refractivity (Wildman–Crippen MR) is 181 cm³/mol. The number of methoxy groups -OCH3 is 1. The number of benzene rings is 3. The lowest BCUT2D eigenvalue weighted by Crippen LogP contribution is -2.39. The lowest BCUT2D eigenvalue weighted by molar-refractivity contribution is 0.0894. The van der Waals surface area contributed by atoms with Gasteiger partial charge in [-0.3, -0.25) is 9.29 Å². The van der Waals surface area contributed by atoms with E-state index in [9.17, 15) is 8.42 Å². The molecule has 3 aromatic carbocycles. The molecule has 11 nitrogen and oxygen atoms in total. The van der Waals surface area contributed by atoms with Crippen LogP contribution in [0.4, 0.5) is 31.7 Å². The molecule has 0 bridgehead atoms. The number of sulfonamides is 1. The van der Waals surface area contributed by atoms with Crippen LogP contribution in [0.1, 0.15) is 12.8 Å². The fraction of sp³-hybridized carbons (Fsp3) is 0.188. The maximum absolute atomic E-state index is 15.8. The molecule has 0 unspecified atom stereocenters. The number of hydrogen-bond donors (Lipinski definition) is 2. The van der Waals surface area contributed by atoms with Crippen molar-refractivity contribution in [1.29, 1.82) is 0 Å². The molecular weight excluding hydrogens is 685 g/mol. The van der Waals surface area contributed by atoms with E-state index < -0.39 is 33.0 Å². The predicted octanol–water partition coefficient (Wildman–Crippen LogP) is 7.11. The molecule has 3 aromatic heterocycles. The van der Waals surface area contributed by atoms with E-state index in [1.54, 1.807) is 25.6 Å². The second-order valence-electron chi connectivity index (χ2n) is 11.0. The number of imidazole rings is 1. The highest BCUT2D eigenvalue weighted by atomic mass is 35.5. The molecule has 0 spiro atoms. The highest BCUT2D eigenvalue weighted by Crippen LogP contribution is 2.35. The zero-order chi connectivity index (χ0) is 33.6. The summed E-state index contributed by atoms with van der Waals surface area (Å²) >= 11 is 12.1. The number of ether oxygens (including phenoxy) is 1. The number of nitrogens with zero attached hydrogens (tertiary/aromatic N) is 6. The normalized spacial score (nSPS) is 15.3. The zero-order valence-corrected chi connectivity index (χ0v) is 27.5. The second kappa shape index (κ2) is 12.8. The molecule has 16 heteroatoms. The van der Waals surface area contributed by atoms with Gasteiger partial charge in [0.05, 0.1) is 38.6 Å². The van der Waals surface area contributed by atoms with Crippen molar-refractivity contribution in [2.75, 3.05) is 35.1 Å². The van der Waals surface area contributed by atoms with E-state index in [1.165, 1.54) is 24.5 Å². The number of hydrogen-bond acceptors (Lipinski definition) is 9. The first-order chi connectivity index (χ1) is 23.1. The number of nitrogens with one attached hydrogen (secondary N) is 2. The van der Waals surface area contributed by atoms with Crippen LogP contribution < -0.4 is 14.9 Å². The highest BCUT2D eigenvalue weighted by molar-refractivity contribution is 7.92. The van der Waals surface area contributed by atoms with Gasteiger partial charge in [-0.05, 0) is 61.4 Å². The van der Waals surface area contributed by atoms with Gasteiger partial charge in [-0.15, -0.1) is 0 Å². The van der Waals surface area contributed by atoms with Gasteiger partial charge in [0, 0.05) is 20.2 Å². The Balaban J connectivity index is 1.23.